The van der Waals surface area contributed by atoms with Crippen molar-refractivity contribution in [2.45, 2.75) is 62.8 Å². The third-order valence-electron chi connectivity index (χ3n) is 3.43. The van der Waals surface area contributed by atoms with Crippen molar-refractivity contribution in [2.75, 3.05) is 12.9 Å². The van der Waals surface area contributed by atoms with Crippen molar-refractivity contribution in [3.63, 3.8) is 0 Å². The molecule has 0 aromatic carbocycles. The molecule has 1 saturated carbocycles. The molecule has 0 saturated heterocycles. The van der Waals surface area contributed by atoms with Crippen LogP contribution >= 0.6 is 11.8 Å². The summed E-state index contributed by atoms with van der Waals surface area (Å²) in [6.45, 7) is 2.51. The quantitative estimate of drug-likeness (QED) is 0.736. The Labute approximate surface area is 98.2 Å². The van der Waals surface area contributed by atoms with Crippen molar-refractivity contribution in [1.82, 2.24) is 5.32 Å². The monoisotopic (exact) mass is 231 g/mol. The van der Waals surface area contributed by atoms with Gasteiger partial charge in [-0.1, -0.05) is 19.8 Å². The third kappa shape index (κ3) is 4.33. The molecular weight excluding hydrogens is 206 g/mol. The second kappa shape index (κ2) is 7.53. The van der Waals surface area contributed by atoms with Crippen molar-refractivity contribution in [1.29, 1.82) is 0 Å². The normalized spacial score (nSPS) is 29.0. The van der Waals surface area contributed by atoms with E-state index >= 15 is 0 Å². The Balaban J connectivity index is 2.38. The molecule has 0 radical (unpaired) electrons. The standard InChI is InChI=1S/C12H25NOS/c1-3-10(8-9-14)13-11-6-4-5-7-12(11)15-2/h10-14H,3-9H2,1-2H3. The van der Waals surface area contributed by atoms with Crippen LogP contribution in [0.1, 0.15) is 45.4 Å². The van der Waals surface area contributed by atoms with Crippen molar-refractivity contribution >= 4 is 11.8 Å². The van der Waals surface area contributed by atoms with Gasteiger partial charge in [-0.25, -0.2) is 0 Å². The van der Waals surface area contributed by atoms with E-state index in [1.807, 2.05) is 11.8 Å². The number of thioether (sulfide) groups is 1. The van der Waals surface area contributed by atoms with Crippen LogP contribution in [0.15, 0.2) is 0 Å². The summed E-state index contributed by atoms with van der Waals surface area (Å²) in [5.41, 5.74) is 0. The van der Waals surface area contributed by atoms with Crippen LogP contribution in [0.5, 0.6) is 0 Å². The Morgan fingerprint density at radius 2 is 2.13 bits per heavy atom. The molecule has 90 valence electrons. The van der Waals surface area contributed by atoms with E-state index in [1.54, 1.807) is 0 Å². The number of hydrogen-bond acceptors (Lipinski definition) is 3. The third-order valence-corrected chi connectivity index (χ3v) is 4.60. The predicted molar refractivity (Wildman–Crippen MR) is 68.5 cm³/mol. The summed E-state index contributed by atoms with van der Waals surface area (Å²) in [5.74, 6) is 0. The molecule has 0 aromatic rings. The first kappa shape index (κ1) is 13.3. The topological polar surface area (TPSA) is 32.3 Å². The van der Waals surface area contributed by atoms with Gasteiger partial charge >= 0.3 is 0 Å². The molecule has 1 fully saturated rings. The van der Waals surface area contributed by atoms with Gasteiger partial charge in [0.2, 0.25) is 0 Å². The van der Waals surface area contributed by atoms with Crippen LogP contribution in [0, 0.1) is 0 Å². The minimum Gasteiger partial charge on any atom is -0.396 e. The smallest absolute Gasteiger partial charge is 0.0445 e. The predicted octanol–water partition coefficient (Wildman–Crippen LogP) is 2.41. The fourth-order valence-electron chi connectivity index (χ4n) is 2.43. The molecule has 3 atom stereocenters. The molecule has 0 heterocycles. The summed E-state index contributed by atoms with van der Waals surface area (Å²) in [6, 6.07) is 1.18. The Kier molecular flexibility index (Phi) is 6.69. The van der Waals surface area contributed by atoms with Gasteiger partial charge in [-0.15, -0.1) is 0 Å². The highest BCUT2D eigenvalue weighted by molar-refractivity contribution is 7.99. The molecule has 1 aliphatic rings. The number of aliphatic hydroxyl groups is 1. The zero-order chi connectivity index (χ0) is 11.1. The van der Waals surface area contributed by atoms with E-state index in [0.717, 1.165) is 18.1 Å². The lowest BCUT2D eigenvalue weighted by Gasteiger charge is -2.34. The first-order valence-corrected chi connectivity index (χ1v) is 7.50. The van der Waals surface area contributed by atoms with Gasteiger partial charge in [0, 0.05) is 23.9 Å². The van der Waals surface area contributed by atoms with Crippen LogP contribution in [0.2, 0.25) is 0 Å². The fourth-order valence-corrected chi connectivity index (χ4v) is 3.38. The molecule has 2 nitrogen and oxygen atoms in total. The Morgan fingerprint density at radius 1 is 1.40 bits per heavy atom. The van der Waals surface area contributed by atoms with E-state index < -0.39 is 0 Å². The Morgan fingerprint density at radius 3 is 2.73 bits per heavy atom. The zero-order valence-corrected chi connectivity index (χ0v) is 10.9. The van der Waals surface area contributed by atoms with Crippen molar-refractivity contribution < 1.29 is 5.11 Å². The number of aliphatic hydroxyl groups excluding tert-OH is 1. The second-order valence-electron chi connectivity index (χ2n) is 4.45. The average molecular weight is 231 g/mol. The first-order valence-electron chi connectivity index (χ1n) is 6.21. The van der Waals surface area contributed by atoms with Crippen molar-refractivity contribution in [3.8, 4) is 0 Å². The maximum Gasteiger partial charge on any atom is 0.0445 e. The Hall–Kier alpha value is 0.270. The van der Waals surface area contributed by atoms with Crippen LogP contribution in [-0.4, -0.2) is 35.3 Å². The maximum absolute atomic E-state index is 8.98. The fraction of sp³-hybridized carbons (Fsp3) is 1.00. The molecule has 15 heavy (non-hydrogen) atoms. The lowest BCUT2D eigenvalue weighted by atomic mass is 9.93. The highest BCUT2D eigenvalue weighted by Gasteiger charge is 2.25. The summed E-state index contributed by atoms with van der Waals surface area (Å²) in [7, 11) is 0. The van der Waals surface area contributed by atoms with E-state index in [-0.39, 0.29) is 0 Å². The van der Waals surface area contributed by atoms with E-state index in [4.69, 9.17) is 5.11 Å². The molecule has 0 bridgehead atoms. The van der Waals surface area contributed by atoms with Crippen LogP contribution in [-0.2, 0) is 0 Å². The van der Waals surface area contributed by atoms with Gasteiger partial charge in [-0.05, 0) is 31.9 Å². The maximum atomic E-state index is 8.98. The van der Waals surface area contributed by atoms with Gasteiger partial charge in [0.15, 0.2) is 0 Å². The van der Waals surface area contributed by atoms with Crippen LogP contribution in [0.3, 0.4) is 0 Å². The second-order valence-corrected chi connectivity index (χ2v) is 5.53. The average Bonchev–Trinajstić information content (AvgIpc) is 2.29. The minimum absolute atomic E-state index is 0.308. The minimum atomic E-state index is 0.308. The van der Waals surface area contributed by atoms with E-state index in [2.05, 4.69) is 18.5 Å². The summed E-state index contributed by atoms with van der Waals surface area (Å²) >= 11 is 2.00. The molecular formula is C12H25NOS. The van der Waals surface area contributed by atoms with Crippen molar-refractivity contribution in [3.05, 3.63) is 0 Å². The van der Waals surface area contributed by atoms with Gasteiger partial charge < -0.3 is 10.4 Å². The van der Waals surface area contributed by atoms with Gasteiger partial charge in [0.1, 0.15) is 0 Å². The van der Waals surface area contributed by atoms with Gasteiger partial charge in [-0.2, -0.15) is 11.8 Å². The number of hydrogen-bond donors (Lipinski definition) is 2. The lowest BCUT2D eigenvalue weighted by Crippen LogP contribution is -2.45. The van der Waals surface area contributed by atoms with Crippen LogP contribution in [0.4, 0.5) is 0 Å². The molecule has 3 unspecified atom stereocenters. The SMILES string of the molecule is CCC(CCO)NC1CCCCC1SC. The zero-order valence-electron chi connectivity index (χ0n) is 10.0. The molecule has 0 aliphatic heterocycles. The molecule has 2 N–H and O–H groups in total. The summed E-state index contributed by atoms with van der Waals surface area (Å²) < 4.78 is 0. The first-order chi connectivity index (χ1) is 7.31. The van der Waals surface area contributed by atoms with E-state index in [9.17, 15) is 0 Å². The van der Waals surface area contributed by atoms with Crippen LogP contribution < -0.4 is 5.32 Å². The largest absolute Gasteiger partial charge is 0.396 e. The summed E-state index contributed by atoms with van der Waals surface area (Å²) in [4.78, 5) is 0. The van der Waals surface area contributed by atoms with Gasteiger partial charge in [0.25, 0.3) is 0 Å². The highest BCUT2D eigenvalue weighted by Crippen LogP contribution is 2.27. The Bertz CT molecular complexity index is 166. The molecule has 0 aromatic heterocycles. The van der Waals surface area contributed by atoms with Crippen molar-refractivity contribution in [2.24, 2.45) is 0 Å². The summed E-state index contributed by atoms with van der Waals surface area (Å²) in [6.07, 6.45) is 9.66. The number of nitrogens with one attached hydrogen (secondary N) is 1. The molecule has 0 spiro atoms. The van der Waals surface area contributed by atoms with Crippen LogP contribution in [0.25, 0.3) is 0 Å². The molecule has 3 heteroatoms. The van der Waals surface area contributed by atoms with E-state index in [1.165, 1.54) is 25.7 Å². The lowest BCUT2D eigenvalue weighted by molar-refractivity contribution is 0.246. The molecule has 1 rings (SSSR count). The number of rotatable bonds is 6. The highest BCUT2D eigenvalue weighted by atomic mass is 32.2. The van der Waals surface area contributed by atoms with Gasteiger partial charge in [-0.3, -0.25) is 0 Å². The summed E-state index contributed by atoms with van der Waals surface area (Å²) in [5, 5.41) is 13.5. The van der Waals surface area contributed by atoms with Gasteiger partial charge in [0.05, 0.1) is 0 Å². The molecule has 1 aliphatic carbocycles. The molecule has 0 amide bonds. The van der Waals surface area contributed by atoms with E-state index in [0.29, 0.717) is 18.7 Å².